The van der Waals surface area contributed by atoms with Gasteiger partial charge in [0, 0.05) is 12.0 Å². The summed E-state index contributed by atoms with van der Waals surface area (Å²) in [5.41, 5.74) is 6.67. The summed E-state index contributed by atoms with van der Waals surface area (Å²) in [6.07, 6.45) is 2.24. The van der Waals surface area contributed by atoms with E-state index in [-0.39, 0.29) is 17.9 Å². The van der Waals surface area contributed by atoms with Crippen molar-refractivity contribution in [1.29, 1.82) is 0 Å². The van der Waals surface area contributed by atoms with Crippen LogP contribution in [0.3, 0.4) is 0 Å². The molecule has 112 valence electrons. The lowest BCUT2D eigenvalue weighted by molar-refractivity contribution is -0.122. The van der Waals surface area contributed by atoms with E-state index in [9.17, 15) is 4.79 Å². The van der Waals surface area contributed by atoms with Gasteiger partial charge in [0.25, 0.3) is 0 Å². The Balaban J connectivity index is 2.74. The van der Waals surface area contributed by atoms with Crippen LogP contribution in [0.2, 0.25) is 0 Å². The molecule has 0 saturated carbocycles. The van der Waals surface area contributed by atoms with E-state index in [0.29, 0.717) is 13.0 Å². The molecule has 0 aliphatic heterocycles. The Bertz CT molecular complexity index is 417. The predicted molar refractivity (Wildman–Crippen MR) is 81.6 cm³/mol. The standard InChI is InChI=1S/C16H26N2O2/c1-4-12(11-17)10-16(19)18-14(5-2)13-8-6-7-9-15(13)20-3/h6-9,12,14H,4-5,10-11,17H2,1-3H3,(H,18,19). The number of para-hydroxylation sites is 1. The molecule has 2 atom stereocenters. The largest absolute Gasteiger partial charge is 0.496 e. The number of hydrogen-bond donors (Lipinski definition) is 2. The van der Waals surface area contributed by atoms with Gasteiger partial charge in [0.2, 0.25) is 5.91 Å². The minimum Gasteiger partial charge on any atom is -0.496 e. The molecule has 0 aromatic heterocycles. The number of hydrogen-bond acceptors (Lipinski definition) is 3. The Kier molecular flexibility index (Phi) is 7.09. The van der Waals surface area contributed by atoms with Gasteiger partial charge in [0.15, 0.2) is 0 Å². The Morgan fingerprint density at radius 2 is 2.00 bits per heavy atom. The highest BCUT2D eigenvalue weighted by Crippen LogP contribution is 2.27. The lowest BCUT2D eigenvalue weighted by atomic mass is 10.00. The zero-order chi connectivity index (χ0) is 15.0. The van der Waals surface area contributed by atoms with Gasteiger partial charge in [-0.15, -0.1) is 0 Å². The maximum absolute atomic E-state index is 12.1. The number of carbonyl (C=O) groups excluding carboxylic acids is 1. The highest BCUT2D eigenvalue weighted by atomic mass is 16.5. The summed E-state index contributed by atoms with van der Waals surface area (Å²) in [5.74, 6) is 1.12. The van der Waals surface area contributed by atoms with E-state index in [1.807, 2.05) is 24.3 Å². The van der Waals surface area contributed by atoms with Gasteiger partial charge in [-0.3, -0.25) is 4.79 Å². The lowest BCUT2D eigenvalue weighted by Gasteiger charge is -2.21. The summed E-state index contributed by atoms with van der Waals surface area (Å²) in [5, 5.41) is 3.08. The van der Waals surface area contributed by atoms with Gasteiger partial charge in [0.1, 0.15) is 5.75 Å². The van der Waals surface area contributed by atoms with Crippen molar-refractivity contribution >= 4 is 5.91 Å². The third-order valence-corrected chi connectivity index (χ3v) is 3.64. The lowest BCUT2D eigenvalue weighted by Crippen LogP contribution is -2.31. The van der Waals surface area contributed by atoms with Crippen molar-refractivity contribution in [2.75, 3.05) is 13.7 Å². The van der Waals surface area contributed by atoms with E-state index in [4.69, 9.17) is 10.5 Å². The van der Waals surface area contributed by atoms with Crippen molar-refractivity contribution in [3.63, 3.8) is 0 Å². The Morgan fingerprint density at radius 3 is 2.55 bits per heavy atom. The molecule has 1 rings (SSSR count). The van der Waals surface area contributed by atoms with Gasteiger partial charge < -0.3 is 15.8 Å². The van der Waals surface area contributed by atoms with E-state index >= 15 is 0 Å². The van der Waals surface area contributed by atoms with Gasteiger partial charge >= 0.3 is 0 Å². The maximum atomic E-state index is 12.1. The molecular formula is C16H26N2O2. The Morgan fingerprint density at radius 1 is 1.30 bits per heavy atom. The topological polar surface area (TPSA) is 64.4 Å². The van der Waals surface area contributed by atoms with Crippen molar-refractivity contribution in [2.24, 2.45) is 11.7 Å². The number of ether oxygens (including phenoxy) is 1. The first-order valence-corrected chi connectivity index (χ1v) is 7.28. The normalized spacial score (nSPS) is 13.6. The summed E-state index contributed by atoms with van der Waals surface area (Å²) in [4.78, 5) is 12.1. The number of methoxy groups -OCH3 is 1. The summed E-state index contributed by atoms with van der Waals surface area (Å²) in [6.45, 7) is 4.66. The molecule has 2 unspecified atom stereocenters. The number of nitrogens with two attached hydrogens (primary N) is 1. The first kappa shape index (κ1) is 16.5. The number of benzene rings is 1. The van der Waals surface area contributed by atoms with Crippen molar-refractivity contribution in [1.82, 2.24) is 5.32 Å². The molecule has 0 saturated heterocycles. The number of nitrogens with one attached hydrogen (secondary N) is 1. The van der Waals surface area contributed by atoms with Gasteiger partial charge in [0.05, 0.1) is 13.2 Å². The fourth-order valence-corrected chi connectivity index (χ4v) is 2.26. The smallest absolute Gasteiger partial charge is 0.220 e. The third-order valence-electron chi connectivity index (χ3n) is 3.64. The SMILES string of the molecule is CCC(CN)CC(=O)NC(CC)c1ccccc1OC. The second-order valence-electron chi connectivity index (χ2n) is 4.98. The molecule has 1 aromatic carbocycles. The molecule has 0 fully saturated rings. The van der Waals surface area contributed by atoms with E-state index < -0.39 is 0 Å². The molecule has 0 aliphatic rings. The summed E-state index contributed by atoms with van der Waals surface area (Å²) in [6, 6.07) is 7.78. The van der Waals surface area contributed by atoms with E-state index in [1.165, 1.54) is 0 Å². The van der Waals surface area contributed by atoms with Crippen LogP contribution in [-0.2, 0) is 4.79 Å². The second kappa shape index (κ2) is 8.59. The number of rotatable bonds is 8. The van der Waals surface area contributed by atoms with Crippen LogP contribution in [0.15, 0.2) is 24.3 Å². The molecule has 20 heavy (non-hydrogen) atoms. The Hall–Kier alpha value is -1.55. The van der Waals surface area contributed by atoms with E-state index in [0.717, 1.165) is 24.2 Å². The van der Waals surface area contributed by atoms with Gasteiger partial charge in [-0.2, -0.15) is 0 Å². The van der Waals surface area contributed by atoms with Gasteiger partial charge in [-0.1, -0.05) is 38.5 Å². The number of carbonyl (C=O) groups is 1. The molecule has 1 amide bonds. The van der Waals surface area contributed by atoms with Crippen LogP contribution in [0, 0.1) is 5.92 Å². The van der Waals surface area contributed by atoms with Crippen molar-refractivity contribution in [3.8, 4) is 5.75 Å². The summed E-state index contributed by atoms with van der Waals surface area (Å²) < 4.78 is 5.36. The van der Waals surface area contributed by atoms with Crippen LogP contribution in [0.25, 0.3) is 0 Å². The third kappa shape index (κ3) is 4.53. The van der Waals surface area contributed by atoms with E-state index in [2.05, 4.69) is 19.2 Å². The average Bonchev–Trinajstić information content (AvgIpc) is 2.50. The molecule has 4 heteroatoms. The first-order valence-electron chi connectivity index (χ1n) is 7.28. The molecular weight excluding hydrogens is 252 g/mol. The van der Waals surface area contributed by atoms with E-state index in [1.54, 1.807) is 7.11 Å². The van der Waals surface area contributed by atoms with Crippen LogP contribution >= 0.6 is 0 Å². The number of amides is 1. The minimum absolute atomic E-state index is 0.0195. The molecule has 0 aliphatic carbocycles. The average molecular weight is 278 g/mol. The first-order chi connectivity index (χ1) is 9.65. The van der Waals surface area contributed by atoms with Crippen molar-refractivity contribution in [2.45, 2.75) is 39.2 Å². The highest BCUT2D eigenvalue weighted by Gasteiger charge is 2.18. The second-order valence-corrected chi connectivity index (χ2v) is 4.98. The zero-order valence-corrected chi connectivity index (χ0v) is 12.7. The molecule has 0 spiro atoms. The Labute approximate surface area is 121 Å². The zero-order valence-electron chi connectivity index (χ0n) is 12.7. The predicted octanol–water partition coefficient (Wildman–Crippen LogP) is 2.64. The fraction of sp³-hybridized carbons (Fsp3) is 0.562. The maximum Gasteiger partial charge on any atom is 0.220 e. The molecule has 0 bridgehead atoms. The van der Waals surface area contributed by atoms with Crippen LogP contribution in [0.1, 0.15) is 44.7 Å². The molecule has 4 nitrogen and oxygen atoms in total. The molecule has 0 radical (unpaired) electrons. The quantitative estimate of drug-likeness (QED) is 0.768. The fourth-order valence-electron chi connectivity index (χ4n) is 2.26. The minimum atomic E-state index is -0.0195. The molecule has 0 heterocycles. The molecule has 3 N–H and O–H groups in total. The van der Waals surface area contributed by atoms with Gasteiger partial charge in [-0.25, -0.2) is 0 Å². The molecule has 1 aromatic rings. The summed E-state index contributed by atoms with van der Waals surface area (Å²) >= 11 is 0. The van der Waals surface area contributed by atoms with Gasteiger partial charge in [-0.05, 0) is 24.9 Å². The van der Waals surface area contributed by atoms with Crippen LogP contribution in [0.5, 0.6) is 5.75 Å². The van der Waals surface area contributed by atoms with Crippen molar-refractivity contribution < 1.29 is 9.53 Å². The summed E-state index contributed by atoms with van der Waals surface area (Å²) in [7, 11) is 1.65. The van der Waals surface area contributed by atoms with Crippen LogP contribution in [-0.4, -0.2) is 19.6 Å². The van der Waals surface area contributed by atoms with Crippen LogP contribution < -0.4 is 15.8 Å². The van der Waals surface area contributed by atoms with Crippen LogP contribution in [0.4, 0.5) is 0 Å². The monoisotopic (exact) mass is 278 g/mol. The highest BCUT2D eigenvalue weighted by molar-refractivity contribution is 5.76. The van der Waals surface area contributed by atoms with Crippen molar-refractivity contribution in [3.05, 3.63) is 29.8 Å².